The van der Waals surface area contributed by atoms with Gasteiger partial charge >= 0.3 is 0 Å². The van der Waals surface area contributed by atoms with Crippen LogP contribution in [-0.4, -0.2) is 44.7 Å². The van der Waals surface area contributed by atoms with Crippen LogP contribution in [0.5, 0.6) is 5.75 Å². The maximum absolute atomic E-state index is 12.9. The summed E-state index contributed by atoms with van der Waals surface area (Å²) in [6.45, 7) is 3.67. The molecule has 1 atom stereocenters. The quantitative estimate of drug-likeness (QED) is 0.265. The van der Waals surface area contributed by atoms with E-state index in [1.54, 1.807) is 13.8 Å². The summed E-state index contributed by atoms with van der Waals surface area (Å²) in [7, 11) is -3.91. The van der Waals surface area contributed by atoms with Gasteiger partial charge in [-0.1, -0.05) is 43.3 Å². The van der Waals surface area contributed by atoms with E-state index in [9.17, 15) is 23.3 Å². The first kappa shape index (κ1) is 25.0. The van der Waals surface area contributed by atoms with Crippen molar-refractivity contribution in [2.75, 3.05) is 23.7 Å². The minimum atomic E-state index is -3.91. The first-order valence-corrected chi connectivity index (χ1v) is 12.6. The molecule has 0 saturated carbocycles. The number of fused-ring (bicyclic) bond motifs is 1. The second-order valence-corrected chi connectivity index (χ2v) is 9.72. The fraction of sp³-hybridized carbons (Fsp3) is 0.292. The highest BCUT2D eigenvalue weighted by Gasteiger charge is 2.33. The molecule has 0 aliphatic carbocycles. The Kier molecular flexibility index (Phi) is 7.72. The number of rotatable bonds is 10. The number of hydrogen-bond donors (Lipinski definition) is 1. The molecule has 0 aliphatic heterocycles. The smallest absolute Gasteiger partial charge is 0.271 e. The van der Waals surface area contributed by atoms with Crippen LogP contribution in [0.25, 0.3) is 10.8 Å². The number of non-ortho nitro benzene ring substituents is 1. The second kappa shape index (κ2) is 10.5. The number of anilines is 1. The molecule has 0 unspecified atom stereocenters. The Hall–Kier alpha value is -3.66. The maximum atomic E-state index is 12.9. The molecule has 3 aromatic rings. The zero-order chi connectivity index (χ0) is 24.9. The van der Waals surface area contributed by atoms with E-state index in [1.165, 1.54) is 18.2 Å². The van der Waals surface area contributed by atoms with Crippen LogP contribution in [-0.2, 0) is 14.8 Å². The van der Waals surface area contributed by atoms with Gasteiger partial charge in [-0.25, -0.2) is 8.42 Å². The Morgan fingerprint density at radius 2 is 1.82 bits per heavy atom. The predicted octanol–water partition coefficient (Wildman–Crippen LogP) is 3.80. The van der Waals surface area contributed by atoms with E-state index in [0.29, 0.717) is 11.3 Å². The molecule has 0 aliphatic rings. The van der Waals surface area contributed by atoms with Gasteiger partial charge in [-0.15, -0.1) is 0 Å². The number of nitrogens with zero attached hydrogens (tertiary/aromatic N) is 2. The van der Waals surface area contributed by atoms with Gasteiger partial charge in [0.15, 0.2) is 0 Å². The third kappa shape index (κ3) is 5.82. The van der Waals surface area contributed by atoms with Gasteiger partial charge < -0.3 is 10.1 Å². The Morgan fingerprint density at radius 1 is 1.12 bits per heavy atom. The SMILES string of the molecule is CC[C@H](C(=O)NCCOc1ccc2ccccc2c1)N(c1cc([N+](=O)[O-])ccc1C)S(C)(=O)=O. The molecular formula is C24H27N3O6S. The predicted molar refractivity (Wildman–Crippen MR) is 132 cm³/mol. The van der Waals surface area contributed by atoms with Crippen molar-refractivity contribution in [3.8, 4) is 5.75 Å². The number of ether oxygens (including phenoxy) is 1. The number of benzene rings is 3. The highest BCUT2D eigenvalue weighted by Crippen LogP contribution is 2.30. The summed E-state index contributed by atoms with van der Waals surface area (Å²) in [5.41, 5.74) is 0.348. The molecule has 180 valence electrons. The van der Waals surface area contributed by atoms with Crippen LogP contribution in [0, 0.1) is 17.0 Å². The summed E-state index contributed by atoms with van der Waals surface area (Å²) in [5.74, 6) is 0.144. The number of carbonyl (C=O) groups excluding carboxylic acids is 1. The molecule has 0 heterocycles. The van der Waals surface area contributed by atoms with Gasteiger partial charge in [-0.2, -0.15) is 0 Å². The molecule has 10 heteroatoms. The third-order valence-corrected chi connectivity index (χ3v) is 6.53. The minimum absolute atomic E-state index is 0.103. The summed E-state index contributed by atoms with van der Waals surface area (Å²) >= 11 is 0. The molecule has 1 amide bonds. The lowest BCUT2D eigenvalue weighted by Gasteiger charge is -2.31. The molecule has 0 radical (unpaired) electrons. The number of nitro benzene ring substituents is 1. The van der Waals surface area contributed by atoms with E-state index in [0.717, 1.165) is 21.3 Å². The van der Waals surface area contributed by atoms with Gasteiger partial charge in [-0.3, -0.25) is 19.2 Å². The molecular weight excluding hydrogens is 458 g/mol. The normalized spacial score (nSPS) is 12.2. The van der Waals surface area contributed by atoms with E-state index in [-0.39, 0.29) is 30.9 Å². The van der Waals surface area contributed by atoms with Crippen molar-refractivity contribution in [2.45, 2.75) is 26.3 Å². The van der Waals surface area contributed by atoms with Gasteiger partial charge in [0.05, 0.1) is 23.4 Å². The largest absolute Gasteiger partial charge is 0.492 e. The molecule has 0 bridgehead atoms. The van der Waals surface area contributed by atoms with Crippen molar-refractivity contribution >= 4 is 38.1 Å². The third-order valence-electron chi connectivity index (χ3n) is 5.36. The number of hydrogen-bond acceptors (Lipinski definition) is 6. The van der Waals surface area contributed by atoms with E-state index in [2.05, 4.69) is 5.32 Å². The fourth-order valence-corrected chi connectivity index (χ4v) is 4.96. The second-order valence-electron chi connectivity index (χ2n) is 7.86. The Labute approximate surface area is 198 Å². The van der Waals surface area contributed by atoms with Gasteiger partial charge in [0.1, 0.15) is 18.4 Å². The van der Waals surface area contributed by atoms with Crippen LogP contribution in [0.1, 0.15) is 18.9 Å². The first-order chi connectivity index (χ1) is 16.1. The van der Waals surface area contributed by atoms with Crippen molar-refractivity contribution in [3.05, 3.63) is 76.3 Å². The number of sulfonamides is 1. The van der Waals surface area contributed by atoms with Gasteiger partial charge in [0.2, 0.25) is 15.9 Å². The number of carbonyl (C=O) groups is 1. The average Bonchev–Trinajstić information content (AvgIpc) is 2.79. The summed E-state index contributed by atoms with van der Waals surface area (Å²) < 4.78 is 32.0. The lowest BCUT2D eigenvalue weighted by Crippen LogP contribution is -2.50. The van der Waals surface area contributed by atoms with Crippen molar-refractivity contribution in [3.63, 3.8) is 0 Å². The molecule has 34 heavy (non-hydrogen) atoms. The summed E-state index contributed by atoms with van der Waals surface area (Å²) in [6, 6.07) is 16.4. The lowest BCUT2D eigenvalue weighted by molar-refractivity contribution is -0.384. The van der Waals surface area contributed by atoms with Crippen molar-refractivity contribution in [1.29, 1.82) is 0 Å². The molecule has 0 saturated heterocycles. The summed E-state index contributed by atoms with van der Waals surface area (Å²) in [6.07, 6.45) is 1.15. The highest BCUT2D eigenvalue weighted by molar-refractivity contribution is 7.92. The monoisotopic (exact) mass is 485 g/mol. The molecule has 1 N–H and O–H groups in total. The van der Waals surface area contributed by atoms with Crippen molar-refractivity contribution in [1.82, 2.24) is 5.32 Å². The van der Waals surface area contributed by atoms with E-state index >= 15 is 0 Å². The standard InChI is InChI=1S/C24H27N3O6S/c1-4-22(26(34(3,31)32)23-16-20(27(29)30)11-9-17(23)2)24(28)25-13-14-33-21-12-10-18-7-5-6-8-19(18)15-21/h5-12,15-16,22H,4,13-14H2,1-3H3,(H,25,28)/t22-/m1/s1. The summed E-state index contributed by atoms with van der Waals surface area (Å²) in [5, 5.41) is 16.1. The van der Waals surface area contributed by atoms with Crippen LogP contribution in [0.3, 0.4) is 0 Å². The Bertz CT molecular complexity index is 1310. The Morgan fingerprint density at radius 3 is 2.47 bits per heavy atom. The molecule has 3 rings (SSSR count). The first-order valence-electron chi connectivity index (χ1n) is 10.8. The molecule has 0 fully saturated rings. The maximum Gasteiger partial charge on any atom is 0.271 e. The molecule has 9 nitrogen and oxygen atoms in total. The van der Waals surface area contributed by atoms with Crippen molar-refractivity contribution in [2.24, 2.45) is 0 Å². The van der Waals surface area contributed by atoms with Crippen LogP contribution in [0.15, 0.2) is 60.7 Å². The lowest BCUT2D eigenvalue weighted by atomic mass is 10.1. The molecule has 0 spiro atoms. The fourth-order valence-electron chi connectivity index (χ4n) is 3.70. The molecule has 0 aromatic heterocycles. The minimum Gasteiger partial charge on any atom is -0.492 e. The number of nitro groups is 1. The van der Waals surface area contributed by atoms with Gasteiger partial charge in [-0.05, 0) is 41.8 Å². The zero-order valence-corrected chi connectivity index (χ0v) is 20.0. The van der Waals surface area contributed by atoms with Crippen LogP contribution < -0.4 is 14.4 Å². The van der Waals surface area contributed by atoms with Gasteiger partial charge in [0.25, 0.3) is 5.69 Å². The van der Waals surface area contributed by atoms with Crippen LogP contribution >= 0.6 is 0 Å². The number of aryl methyl sites for hydroxylation is 1. The van der Waals surface area contributed by atoms with Crippen LogP contribution in [0.2, 0.25) is 0 Å². The number of amides is 1. The molecule has 3 aromatic carbocycles. The topological polar surface area (TPSA) is 119 Å². The van der Waals surface area contributed by atoms with E-state index in [1.807, 2.05) is 42.5 Å². The Balaban J connectivity index is 1.71. The van der Waals surface area contributed by atoms with E-state index in [4.69, 9.17) is 4.74 Å². The van der Waals surface area contributed by atoms with Crippen molar-refractivity contribution < 1.29 is 22.9 Å². The average molecular weight is 486 g/mol. The zero-order valence-electron chi connectivity index (χ0n) is 19.2. The van der Waals surface area contributed by atoms with Gasteiger partial charge in [0, 0.05) is 12.1 Å². The number of nitrogens with one attached hydrogen (secondary N) is 1. The van der Waals surface area contributed by atoms with E-state index < -0.39 is 26.9 Å². The highest BCUT2D eigenvalue weighted by atomic mass is 32.2. The van der Waals surface area contributed by atoms with Crippen LogP contribution in [0.4, 0.5) is 11.4 Å². The summed E-state index contributed by atoms with van der Waals surface area (Å²) in [4.78, 5) is 23.6.